The Bertz CT molecular complexity index is 809. The number of carbonyl (C=O) groups is 2. The standard InChI is InChI=1S/C42H76NO4/c1-5-7-9-11-13-15-17-19-21-23-25-27-29-31-33-35-39(44)41(46)37-43(3,4)38-42(47)40(45)36-34-32-30-28-26-24-22-20-18-16-14-12-10-8-6-2/h31-32,35-36,41-42,46-47H,5-30,37-38H2,1-4H3/q+1. The molecule has 47 heavy (non-hydrogen) atoms. The topological polar surface area (TPSA) is 74.6 Å². The molecule has 2 atom stereocenters. The van der Waals surface area contributed by atoms with Gasteiger partial charge in [0.2, 0.25) is 0 Å². The lowest BCUT2D eigenvalue weighted by molar-refractivity contribution is -0.894. The molecule has 5 heteroatoms. The third-order valence-corrected chi connectivity index (χ3v) is 9.08. The number of quaternary nitrogens is 1. The molecule has 0 fully saturated rings. The molecule has 0 aromatic heterocycles. The highest BCUT2D eigenvalue weighted by Crippen LogP contribution is 2.14. The number of hydrogen-bond acceptors (Lipinski definition) is 4. The van der Waals surface area contributed by atoms with Crippen LogP contribution in [0.4, 0.5) is 0 Å². The van der Waals surface area contributed by atoms with Crippen LogP contribution in [0.3, 0.4) is 0 Å². The summed E-state index contributed by atoms with van der Waals surface area (Å²) in [5, 5.41) is 20.9. The van der Waals surface area contributed by atoms with Crippen molar-refractivity contribution in [2.75, 3.05) is 27.2 Å². The third-order valence-electron chi connectivity index (χ3n) is 9.08. The molecule has 0 bridgehead atoms. The Morgan fingerprint density at radius 3 is 1.02 bits per heavy atom. The van der Waals surface area contributed by atoms with Gasteiger partial charge in [0.05, 0.1) is 14.1 Å². The molecule has 2 unspecified atom stereocenters. The summed E-state index contributed by atoms with van der Waals surface area (Å²) in [5.41, 5.74) is 5.85. The van der Waals surface area contributed by atoms with E-state index in [1.807, 2.05) is 12.2 Å². The summed E-state index contributed by atoms with van der Waals surface area (Å²) in [6.07, 6.45) is 37.3. The summed E-state index contributed by atoms with van der Waals surface area (Å²) in [7, 11) is 3.60. The van der Waals surface area contributed by atoms with E-state index in [9.17, 15) is 19.8 Å². The third kappa shape index (κ3) is 31.3. The number of aliphatic hydroxyl groups is 2. The van der Waals surface area contributed by atoms with E-state index in [0.717, 1.165) is 25.7 Å². The molecule has 0 aliphatic heterocycles. The Morgan fingerprint density at radius 1 is 0.489 bits per heavy atom. The van der Waals surface area contributed by atoms with Crippen LogP contribution in [0.25, 0.3) is 0 Å². The maximum absolute atomic E-state index is 12.4. The Hall–Kier alpha value is -1.74. The number of nitrogens with zero attached hydrogens (tertiary/aromatic N) is 1. The van der Waals surface area contributed by atoms with E-state index in [0.29, 0.717) is 0 Å². The SMILES string of the molecule is CCCCCCCCCCCCCCC=C=CC(=O)C(O)C[N+](C)(C)CC(O)C(=O)C=C=CCCCCCCCCCCCCCC. The molecule has 0 spiro atoms. The number of hydrogen-bond donors (Lipinski definition) is 2. The minimum Gasteiger partial charge on any atom is -0.379 e. The minimum absolute atomic E-state index is 0.110. The summed E-state index contributed by atoms with van der Waals surface area (Å²) in [5.74, 6) is -0.799. The Balaban J connectivity index is 4.04. The van der Waals surface area contributed by atoms with Crippen molar-refractivity contribution in [3.8, 4) is 0 Å². The molecule has 272 valence electrons. The van der Waals surface area contributed by atoms with Gasteiger partial charge in [0.15, 0.2) is 23.8 Å². The summed E-state index contributed by atoms with van der Waals surface area (Å²) in [6, 6.07) is 0. The number of rotatable bonds is 34. The van der Waals surface area contributed by atoms with E-state index < -0.39 is 23.8 Å². The van der Waals surface area contributed by atoms with Crippen LogP contribution in [-0.4, -0.2) is 65.7 Å². The smallest absolute Gasteiger partial charge is 0.197 e. The summed E-state index contributed by atoms with van der Waals surface area (Å²) >= 11 is 0. The first kappa shape index (κ1) is 45.3. The highest BCUT2D eigenvalue weighted by molar-refractivity contribution is 5.93. The fourth-order valence-electron chi connectivity index (χ4n) is 6.01. The zero-order chi connectivity index (χ0) is 34.9. The normalized spacial score (nSPS) is 12.6. The predicted molar refractivity (Wildman–Crippen MR) is 201 cm³/mol. The van der Waals surface area contributed by atoms with E-state index >= 15 is 0 Å². The number of carbonyl (C=O) groups excluding carboxylic acids is 2. The van der Waals surface area contributed by atoms with Crippen LogP contribution >= 0.6 is 0 Å². The molecule has 0 aromatic rings. The van der Waals surface area contributed by atoms with Crippen molar-refractivity contribution in [3.05, 3.63) is 35.8 Å². The average molecular weight is 659 g/mol. The van der Waals surface area contributed by atoms with Crippen molar-refractivity contribution in [3.63, 3.8) is 0 Å². The van der Waals surface area contributed by atoms with Crippen molar-refractivity contribution >= 4 is 11.6 Å². The first-order chi connectivity index (χ1) is 22.7. The van der Waals surface area contributed by atoms with E-state index in [-0.39, 0.29) is 17.6 Å². The molecule has 0 aromatic carbocycles. The maximum Gasteiger partial charge on any atom is 0.197 e. The fraction of sp³-hybridized carbons (Fsp3) is 0.810. The second-order valence-corrected chi connectivity index (χ2v) is 14.5. The van der Waals surface area contributed by atoms with E-state index in [1.54, 1.807) is 14.1 Å². The van der Waals surface area contributed by atoms with Gasteiger partial charge in [-0.2, -0.15) is 0 Å². The molecule has 0 heterocycles. The van der Waals surface area contributed by atoms with Crippen molar-refractivity contribution < 1.29 is 24.3 Å². The van der Waals surface area contributed by atoms with Gasteiger partial charge in [-0.25, -0.2) is 0 Å². The Morgan fingerprint density at radius 2 is 0.745 bits per heavy atom. The van der Waals surface area contributed by atoms with E-state index in [2.05, 4.69) is 25.3 Å². The van der Waals surface area contributed by atoms with Gasteiger partial charge >= 0.3 is 0 Å². The molecule has 0 rings (SSSR count). The molecule has 0 saturated heterocycles. The van der Waals surface area contributed by atoms with Gasteiger partial charge in [0, 0.05) is 12.2 Å². The van der Waals surface area contributed by atoms with Crippen LogP contribution < -0.4 is 0 Å². The average Bonchev–Trinajstić information content (AvgIpc) is 3.03. The lowest BCUT2D eigenvalue weighted by atomic mass is 10.0. The lowest BCUT2D eigenvalue weighted by Gasteiger charge is -2.32. The van der Waals surface area contributed by atoms with Crippen LogP contribution in [0.1, 0.15) is 181 Å². The predicted octanol–water partition coefficient (Wildman–Crippen LogP) is 10.5. The second kappa shape index (κ2) is 32.8. The molecule has 0 saturated carbocycles. The fourth-order valence-corrected chi connectivity index (χ4v) is 6.01. The van der Waals surface area contributed by atoms with Gasteiger partial charge in [0.1, 0.15) is 13.1 Å². The van der Waals surface area contributed by atoms with Crippen LogP contribution in [0, 0.1) is 0 Å². The summed E-state index contributed by atoms with van der Waals surface area (Å²) < 4.78 is 0.145. The molecule has 0 aliphatic carbocycles. The van der Waals surface area contributed by atoms with Crippen LogP contribution in [0.2, 0.25) is 0 Å². The number of likely N-dealkylation sites (N-methyl/N-ethyl adjacent to an activating group) is 1. The van der Waals surface area contributed by atoms with Crippen molar-refractivity contribution in [2.24, 2.45) is 0 Å². The molecule has 2 N–H and O–H groups in total. The zero-order valence-electron chi connectivity index (χ0n) is 31.4. The van der Waals surface area contributed by atoms with Crippen molar-refractivity contribution in [1.29, 1.82) is 0 Å². The first-order valence-electron chi connectivity index (χ1n) is 19.8. The van der Waals surface area contributed by atoms with Gasteiger partial charge in [0.25, 0.3) is 0 Å². The maximum atomic E-state index is 12.4. The van der Waals surface area contributed by atoms with Crippen molar-refractivity contribution in [2.45, 2.75) is 193 Å². The Kier molecular flexibility index (Phi) is 31.6. The van der Waals surface area contributed by atoms with Gasteiger partial charge in [-0.15, -0.1) is 11.5 Å². The second-order valence-electron chi connectivity index (χ2n) is 14.5. The Labute approximate surface area is 291 Å². The minimum atomic E-state index is -1.20. The van der Waals surface area contributed by atoms with E-state index in [4.69, 9.17) is 0 Å². The number of aliphatic hydroxyl groups excluding tert-OH is 2. The van der Waals surface area contributed by atoms with Gasteiger partial charge < -0.3 is 14.7 Å². The molecular formula is C42H76NO4+. The summed E-state index contributed by atoms with van der Waals surface area (Å²) in [4.78, 5) is 24.8. The van der Waals surface area contributed by atoms with Crippen molar-refractivity contribution in [1.82, 2.24) is 0 Å². The molecule has 5 nitrogen and oxygen atoms in total. The monoisotopic (exact) mass is 659 g/mol. The largest absolute Gasteiger partial charge is 0.379 e. The lowest BCUT2D eigenvalue weighted by Crippen LogP contribution is -2.52. The van der Waals surface area contributed by atoms with Gasteiger partial charge in [-0.05, 0) is 37.8 Å². The van der Waals surface area contributed by atoms with E-state index in [1.165, 1.54) is 153 Å². The number of ketones is 2. The molecule has 0 radical (unpaired) electrons. The summed E-state index contributed by atoms with van der Waals surface area (Å²) in [6.45, 7) is 4.74. The molecule has 0 amide bonds. The van der Waals surface area contributed by atoms with Crippen LogP contribution in [0.15, 0.2) is 35.8 Å². The van der Waals surface area contributed by atoms with Crippen LogP contribution in [-0.2, 0) is 9.59 Å². The molecule has 0 aliphatic rings. The number of unbranched alkanes of at least 4 members (excludes halogenated alkanes) is 24. The van der Waals surface area contributed by atoms with Gasteiger partial charge in [-0.1, -0.05) is 155 Å². The van der Waals surface area contributed by atoms with Crippen LogP contribution in [0.5, 0.6) is 0 Å². The quantitative estimate of drug-likeness (QED) is 0.0312. The first-order valence-corrected chi connectivity index (χ1v) is 19.8. The van der Waals surface area contributed by atoms with Gasteiger partial charge in [-0.3, -0.25) is 9.59 Å². The highest BCUT2D eigenvalue weighted by atomic mass is 16.3. The highest BCUT2D eigenvalue weighted by Gasteiger charge is 2.29. The zero-order valence-corrected chi connectivity index (χ0v) is 31.4. The molecular weight excluding hydrogens is 582 g/mol.